The molecule has 0 rings (SSSR count). The lowest BCUT2D eigenvalue weighted by Crippen LogP contribution is -2.29. The number of unbranched alkanes of at least 4 members (excludes halogenated alkanes) is 2. The van der Waals surface area contributed by atoms with Crippen molar-refractivity contribution in [3.63, 3.8) is 0 Å². The van der Waals surface area contributed by atoms with Crippen molar-refractivity contribution in [2.75, 3.05) is 13.2 Å². The van der Waals surface area contributed by atoms with Gasteiger partial charge in [-0.1, -0.05) is 12.0 Å². The third-order valence-electron chi connectivity index (χ3n) is 2.03. The van der Waals surface area contributed by atoms with Crippen molar-refractivity contribution in [1.29, 1.82) is 0 Å². The van der Waals surface area contributed by atoms with E-state index < -0.39 is 0 Å². The lowest BCUT2D eigenvalue weighted by molar-refractivity contribution is -0.121. The van der Waals surface area contributed by atoms with E-state index in [4.69, 9.17) is 10.6 Å². The lowest BCUT2D eigenvalue weighted by Gasteiger charge is -2.03. The van der Waals surface area contributed by atoms with E-state index in [1.807, 2.05) is 6.92 Å². The molecule has 0 aromatic rings. The van der Waals surface area contributed by atoms with Crippen molar-refractivity contribution in [3.05, 3.63) is 12.2 Å². The molecule has 0 atom stereocenters. The van der Waals surface area contributed by atoms with Gasteiger partial charge in [-0.25, -0.2) is 5.84 Å². The van der Waals surface area contributed by atoms with Gasteiger partial charge >= 0.3 is 0 Å². The van der Waals surface area contributed by atoms with Crippen molar-refractivity contribution in [3.8, 4) is 0 Å². The van der Waals surface area contributed by atoms with Gasteiger partial charge in [0.1, 0.15) is 0 Å². The van der Waals surface area contributed by atoms with Crippen molar-refractivity contribution in [1.82, 2.24) is 5.43 Å². The third-order valence-corrected chi connectivity index (χ3v) is 2.03. The number of carbonyl (C=O) groups excluding carboxylic acids is 1. The van der Waals surface area contributed by atoms with Crippen LogP contribution in [0, 0.1) is 0 Å². The molecule has 0 bridgehead atoms. The summed E-state index contributed by atoms with van der Waals surface area (Å²) >= 11 is 0. The molecule has 0 fully saturated rings. The van der Waals surface area contributed by atoms with Crippen molar-refractivity contribution in [2.45, 2.75) is 39.0 Å². The van der Waals surface area contributed by atoms with Gasteiger partial charge < -0.3 is 4.74 Å². The van der Waals surface area contributed by atoms with E-state index >= 15 is 0 Å². The molecule has 0 saturated carbocycles. The van der Waals surface area contributed by atoms with Gasteiger partial charge in [-0.2, -0.15) is 0 Å². The Bertz CT molecular complexity index is 193. The highest BCUT2D eigenvalue weighted by Gasteiger charge is 1.97. The zero-order chi connectivity index (χ0) is 11.5. The van der Waals surface area contributed by atoms with Crippen LogP contribution in [-0.4, -0.2) is 19.1 Å². The van der Waals surface area contributed by atoms with E-state index in [-0.39, 0.29) is 5.91 Å². The Kier molecular flexibility index (Phi) is 9.11. The van der Waals surface area contributed by atoms with Crippen LogP contribution in [0.5, 0.6) is 0 Å². The van der Waals surface area contributed by atoms with Gasteiger partial charge in [-0.15, -0.1) is 6.58 Å². The number of nitrogens with one attached hydrogen (secondary N) is 1. The SMILES string of the molecule is C=C(C)CCOCCCCCC(=O)NN. The monoisotopic (exact) mass is 214 g/mol. The molecule has 0 aliphatic carbocycles. The van der Waals surface area contributed by atoms with E-state index in [0.717, 1.165) is 44.5 Å². The van der Waals surface area contributed by atoms with Crippen LogP contribution < -0.4 is 11.3 Å². The maximum Gasteiger partial charge on any atom is 0.233 e. The van der Waals surface area contributed by atoms with E-state index in [0.29, 0.717) is 6.42 Å². The molecule has 15 heavy (non-hydrogen) atoms. The topological polar surface area (TPSA) is 64.3 Å². The molecule has 88 valence electrons. The van der Waals surface area contributed by atoms with E-state index in [2.05, 4.69) is 12.0 Å². The van der Waals surface area contributed by atoms with Gasteiger partial charge in [0.05, 0.1) is 6.61 Å². The summed E-state index contributed by atoms with van der Waals surface area (Å²) in [7, 11) is 0. The number of carbonyl (C=O) groups is 1. The molecule has 0 saturated heterocycles. The second-order valence-corrected chi connectivity index (χ2v) is 3.70. The Hall–Kier alpha value is -0.870. The molecule has 0 aromatic heterocycles. The minimum Gasteiger partial charge on any atom is -0.381 e. The Morgan fingerprint density at radius 3 is 2.60 bits per heavy atom. The lowest BCUT2D eigenvalue weighted by atomic mass is 10.2. The number of hydrazine groups is 1. The normalized spacial score (nSPS) is 10.0. The maximum absolute atomic E-state index is 10.7. The quantitative estimate of drug-likeness (QED) is 0.201. The molecule has 3 N–H and O–H groups in total. The summed E-state index contributed by atoms with van der Waals surface area (Å²) < 4.78 is 5.39. The molecular weight excluding hydrogens is 192 g/mol. The van der Waals surface area contributed by atoms with E-state index in [1.165, 1.54) is 0 Å². The summed E-state index contributed by atoms with van der Waals surface area (Å²) in [6.45, 7) is 7.30. The largest absolute Gasteiger partial charge is 0.381 e. The van der Waals surface area contributed by atoms with Gasteiger partial charge in [0, 0.05) is 13.0 Å². The summed E-state index contributed by atoms with van der Waals surface area (Å²) in [5.74, 6) is 4.85. The average molecular weight is 214 g/mol. The zero-order valence-corrected chi connectivity index (χ0v) is 9.55. The molecule has 0 unspecified atom stereocenters. The van der Waals surface area contributed by atoms with Crippen LogP contribution in [0.2, 0.25) is 0 Å². The number of hydrogen-bond donors (Lipinski definition) is 2. The van der Waals surface area contributed by atoms with Crippen LogP contribution in [0.1, 0.15) is 39.0 Å². The molecule has 0 heterocycles. The Labute approximate surface area is 91.8 Å². The van der Waals surface area contributed by atoms with Crippen molar-refractivity contribution >= 4 is 5.91 Å². The van der Waals surface area contributed by atoms with Gasteiger partial charge in [0.15, 0.2) is 0 Å². The minimum atomic E-state index is -0.0989. The fourth-order valence-electron chi connectivity index (χ4n) is 1.09. The van der Waals surface area contributed by atoms with Crippen LogP contribution in [0.3, 0.4) is 0 Å². The van der Waals surface area contributed by atoms with Gasteiger partial charge in [-0.05, 0) is 26.2 Å². The predicted molar refractivity (Wildman–Crippen MR) is 61.0 cm³/mol. The third kappa shape index (κ3) is 11.1. The first-order valence-corrected chi connectivity index (χ1v) is 5.38. The van der Waals surface area contributed by atoms with Gasteiger partial charge in [-0.3, -0.25) is 10.2 Å². The number of nitrogens with two attached hydrogens (primary N) is 1. The standard InChI is InChI=1S/C11H22N2O2/c1-10(2)7-9-15-8-5-3-4-6-11(14)13-12/h1,3-9,12H2,2H3,(H,13,14). The first-order valence-electron chi connectivity index (χ1n) is 5.38. The van der Waals surface area contributed by atoms with Crippen LogP contribution in [0.15, 0.2) is 12.2 Å². The van der Waals surface area contributed by atoms with E-state index in [1.54, 1.807) is 0 Å². The number of ether oxygens (including phenoxy) is 1. The fourth-order valence-corrected chi connectivity index (χ4v) is 1.09. The van der Waals surface area contributed by atoms with Crippen molar-refractivity contribution in [2.24, 2.45) is 5.84 Å². The molecule has 4 nitrogen and oxygen atoms in total. The average Bonchev–Trinajstić information content (AvgIpc) is 2.21. The molecule has 1 amide bonds. The van der Waals surface area contributed by atoms with Crippen LogP contribution in [0.25, 0.3) is 0 Å². The summed E-state index contributed by atoms with van der Waals surface area (Å²) in [5, 5.41) is 0. The number of rotatable bonds is 9. The van der Waals surface area contributed by atoms with Crippen molar-refractivity contribution < 1.29 is 9.53 Å². The second kappa shape index (κ2) is 9.68. The highest BCUT2D eigenvalue weighted by Crippen LogP contribution is 2.01. The molecular formula is C11H22N2O2. The first-order chi connectivity index (χ1) is 7.16. The number of amides is 1. The first kappa shape index (κ1) is 14.1. The van der Waals surface area contributed by atoms with Gasteiger partial charge in [0.25, 0.3) is 0 Å². The van der Waals surface area contributed by atoms with E-state index in [9.17, 15) is 4.79 Å². The zero-order valence-electron chi connectivity index (χ0n) is 9.55. The summed E-state index contributed by atoms with van der Waals surface area (Å²) in [4.78, 5) is 10.7. The number of hydrogen-bond acceptors (Lipinski definition) is 3. The highest BCUT2D eigenvalue weighted by molar-refractivity contribution is 5.74. The molecule has 0 aromatic carbocycles. The Morgan fingerprint density at radius 1 is 1.27 bits per heavy atom. The second-order valence-electron chi connectivity index (χ2n) is 3.70. The smallest absolute Gasteiger partial charge is 0.233 e. The molecule has 0 spiro atoms. The predicted octanol–water partition coefficient (Wildman–Crippen LogP) is 1.52. The molecule has 0 aliphatic heterocycles. The summed E-state index contributed by atoms with van der Waals surface area (Å²) in [6.07, 6.45) is 4.29. The summed E-state index contributed by atoms with van der Waals surface area (Å²) in [5.41, 5.74) is 3.26. The Balaban J connectivity index is 3.05. The Morgan fingerprint density at radius 2 is 2.00 bits per heavy atom. The van der Waals surface area contributed by atoms with Crippen LogP contribution in [-0.2, 0) is 9.53 Å². The minimum absolute atomic E-state index is 0.0989. The highest BCUT2D eigenvalue weighted by atomic mass is 16.5. The summed E-state index contributed by atoms with van der Waals surface area (Å²) in [6, 6.07) is 0. The van der Waals surface area contributed by atoms with Gasteiger partial charge in [0.2, 0.25) is 5.91 Å². The van der Waals surface area contributed by atoms with Crippen LogP contribution >= 0.6 is 0 Å². The fraction of sp³-hybridized carbons (Fsp3) is 0.727. The van der Waals surface area contributed by atoms with Crippen LogP contribution in [0.4, 0.5) is 0 Å². The molecule has 0 aliphatic rings. The molecule has 4 heteroatoms. The maximum atomic E-state index is 10.7. The molecule has 0 radical (unpaired) electrons.